The largest absolute Gasteiger partial charge is 0.494 e. The van der Waals surface area contributed by atoms with E-state index < -0.39 is 5.60 Å². The maximum atomic E-state index is 12.9. The first-order chi connectivity index (χ1) is 13.7. The molecule has 1 aliphatic carbocycles. The van der Waals surface area contributed by atoms with Gasteiger partial charge in [0.1, 0.15) is 11.4 Å². The van der Waals surface area contributed by atoms with E-state index in [1.165, 1.54) is 32.4 Å². The first-order valence-electron chi connectivity index (χ1n) is 11.1. The Morgan fingerprint density at radius 2 is 1.75 bits per heavy atom. The van der Waals surface area contributed by atoms with E-state index in [9.17, 15) is 4.79 Å². The summed E-state index contributed by atoms with van der Waals surface area (Å²) in [5.41, 5.74) is 0.151. The number of rotatable bonds is 10. The Morgan fingerprint density at radius 1 is 1.04 bits per heavy atom. The predicted molar refractivity (Wildman–Crippen MR) is 113 cm³/mol. The molecule has 1 aromatic rings. The molecule has 5 heteroatoms. The zero-order chi connectivity index (χ0) is 19.7. The van der Waals surface area contributed by atoms with Crippen molar-refractivity contribution in [1.82, 2.24) is 4.90 Å². The number of nitrogens with one attached hydrogen (secondary N) is 1. The van der Waals surface area contributed by atoms with Gasteiger partial charge in [0, 0.05) is 18.8 Å². The number of anilines is 1. The third kappa shape index (κ3) is 5.95. The fourth-order valence-electron chi connectivity index (χ4n) is 4.22. The lowest BCUT2D eigenvalue weighted by Gasteiger charge is -2.35. The average molecular weight is 389 g/mol. The molecule has 2 fully saturated rings. The van der Waals surface area contributed by atoms with E-state index in [0.717, 1.165) is 63.1 Å². The van der Waals surface area contributed by atoms with Gasteiger partial charge in [-0.2, -0.15) is 0 Å². The minimum absolute atomic E-state index is 0.0000634. The second-order valence-corrected chi connectivity index (χ2v) is 8.13. The first-order valence-corrected chi connectivity index (χ1v) is 11.1. The molecule has 0 bridgehead atoms. The van der Waals surface area contributed by atoms with E-state index >= 15 is 0 Å². The van der Waals surface area contributed by atoms with E-state index in [0.29, 0.717) is 6.61 Å². The van der Waals surface area contributed by atoms with Crippen LogP contribution >= 0.6 is 0 Å². The van der Waals surface area contributed by atoms with Crippen LogP contribution in [0.5, 0.6) is 5.75 Å². The SMILES string of the molecule is CCCOC1(C(=O)Nc2ccc(OCCCN3CCCC3)cc2)CCCCC1. The van der Waals surface area contributed by atoms with Crippen molar-refractivity contribution in [1.29, 1.82) is 0 Å². The number of hydrogen-bond donors (Lipinski definition) is 1. The van der Waals surface area contributed by atoms with Crippen molar-refractivity contribution >= 4 is 11.6 Å². The highest BCUT2D eigenvalue weighted by molar-refractivity contribution is 5.97. The molecule has 28 heavy (non-hydrogen) atoms. The predicted octanol–water partition coefficient (Wildman–Crippen LogP) is 4.62. The van der Waals surface area contributed by atoms with Crippen LogP contribution in [0.15, 0.2) is 24.3 Å². The molecule has 0 radical (unpaired) electrons. The summed E-state index contributed by atoms with van der Waals surface area (Å²) in [6, 6.07) is 7.71. The van der Waals surface area contributed by atoms with Crippen LogP contribution in [0.2, 0.25) is 0 Å². The van der Waals surface area contributed by atoms with E-state index in [4.69, 9.17) is 9.47 Å². The van der Waals surface area contributed by atoms with Crippen LogP contribution in [-0.4, -0.2) is 49.3 Å². The van der Waals surface area contributed by atoms with Gasteiger partial charge < -0.3 is 19.7 Å². The van der Waals surface area contributed by atoms with Crippen LogP contribution in [-0.2, 0) is 9.53 Å². The van der Waals surface area contributed by atoms with Gasteiger partial charge >= 0.3 is 0 Å². The van der Waals surface area contributed by atoms with Crippen molar-refractivity contribution in [3.05, 3.63) is 24.3 Å². The first kappa shape index (κ1) is 21.1. The van der Waals surface area contributed by atoms with Crippen LogP contribution < -0.4 is 10.1 Å². The van der Waals surface area contributed by atoms with E-state index in [1.807, 2.05) is 24.3 Å². The summed E-state index contributed by atoms with van der Waals surface area (Å²) in [5, 5.41) is 3.07. The maximum Gasteiger partial charge on any atom is 0.256 e. The topological polar surface area (TPSA) is 50.8 Å². The molecule has 1 saturated heterocycles. The van der Waals surface area contributed by atoms with Gasteiger partial charge in [-0.15, -0.1) is 0 Å². The molecular formula is C23H36N2O3. The van der Waals surface area contributed by atoms with Crippen molar-refractivity contribution in [3.8, 4) is 5.75 Å². The van der Waals surface area contributed by atoms with E-state index in [1.54, 1.807) is 0 Å². The standard InChI is InChI=1S/C23H36N2O3/c1-2-18-28-23(13-4-3-5-14-23)22(26)24-20-9-11-21(12-10-20)27-19-8-17-25-15-6-7-16-25/h9-12H,2-8,13-19H2,1H3,(H,24,26). The quantitative estimate of drug-likeness (QED) is 0.594. The Morgan fingerprint density at radius 3 is 2.43 bits per heavy atom. The number of carbonyl (C=O) groups is 1. The van der Waals surface area contributed by atoms with Crippen LogP contribution in [0.25, 0.3) is 0 Å². The average Bonchev–Trinajstić information content (AvgIpc) is 3.25. The molecule has 1 saturated carbocycles. The van der Waals surface area contributed by atoms with Crippen molar-refractivity contribution in [3.63, 3.8) is 0 Å². The Balaban J connectivity index is 1.46. The molecule has 1 N–H and O–H groups in total. The van der Waals surface area contributed by atoms with Gasteiger partial charge in [-0.3, -0.25) is 4.79 Å². The molecule has 1 aliphatic heterocycles. The second-order valence-electron chi connectivity index (χ2n) is 8.13. The van der Waals surface area contributed by atoms with Gasteiger partial charge in [-0.25, -0.2) is 0 Å². The monoisotopic (exact) mass is 388 g/mol. The lowest BCUT2D eigenvalue weighted by molar-refractivity contribution is -0.146. The maximum absolute atomic E-state index is 12.9. The summed E-state index contributed by atoms with van der Waals surface area (Å²) in [5.74, 6) is 0.856. The molecule has 0 aromatic heterocycles. The summed E-state index contributed by atoms with van der Waals surface area (Å²) in [6.45, 7) is 7.04. The normalized spacial score (nSPS) is 19.5. The molecule has 156 valence electrons. The Kier molecular flexibility index (Phi) is 8.16. The third-order valence-corrected chi connectivity index (χ3v) is 5.86. The number of hydrogen-bond acceptors (Lipinski definition) is 4. The molecule has 1 amide bonds. The number of nitrogens with zero attached hydrogens (tertiary/aromatic N) is 1. The highest BCUT2D eigenvalue weighted by atomic mass is 16.5. The zero-order valence-electron chi connectivity index (χ0n) is 17.4. The molecule has 0 unspecified atom stereocenters. The van der Waals surface area contributed by atoms with Gasteiger partial charge in [0.25, 0.3) is 5.91 Å². The van der Waals surface area contributed by atoms with Gasteiger partial charge in [0.2, 0.25) is 0 Å². The molecule has 2 aliphatic rings. The Labute approximate surface area is 169 Å². The zero-order valence-corrected chi connectivity index (χ0v) is 17.4. The van der Waals surface area contributed by atoms with Crippen molar-refractivity contribution < 1.29 is 14.3 Å². The summed E-state index contributed by atoms with van der Waals surface area (Å²) >= 11 is 0. The summed E-state index contributed by atoms with van der Waals surface area (Å²) in [7, 11) is 0. The number of amides is 1. The fraction of sp³-hybridized carbons (Fsp3) is 0.696. The lowest BCUT2D eigenvalue weighted by Crippen LogP contribution is -2.47. The Hall–Kier alpha value is -1.59. The van der Waals surface area contributed by atoms with Gasteiger partial charge in [0.05, 0.1) is 6.61 Å². The molecule has 3 rings (SSSR count). The molecule has 0 spiro atoms. The van der Waals surface area contributed by atoms with Crippen LogP contribution in [0, 0.1) is 0 Å². The lowest BCUT2D eigenvalue weighted by atomic mass is 9.83. The molecular weight excluding hydrogens is 352 g/mol. The number of likely N-dealkylation sites (tertiary alicyclic amines) is 1. The van der Waals surface area contributed by atoms with Crippen molar-refractivity contribution in [2.45, 2.75) is 70.3 Å². The van der Waals surface area contributed by atoms with E-state index in [2.05, 4.69) is 17.1 Å². The minimum Gasteiger partial charge on any atom is -0.494 e. The van der Waals surface area contributed by atoms with Crippen LogP contribution in [0.1, 0.15) is 64.7 Å². The molecule has 1 aromatic carbocycles. The van der Waals surface area contributed by atoms with Gasteiger partial charge in [-0.1, -0.05) is 26.2 Å². The number of benzene rings is 1. The van der Waals surface area contributed by atoms with Crippen LogP contribution in [0.3, 0.4) is 0 Å². The molecule has 1 heterocycles. The second kappa shape index (κ2) is 10.8. The Bertz CT molecular complexity index is 590. The summed E-state index contributed by atoms with van der Waals surface area (Å²) < 4.78 is 11.9. The summed E-state index contributed by atoms with van der Waals surface area (Å²) in [6.07, 6.45) is 9.58. The highest BCUT2D eigenvalue weighted by Crippen LogP contribution is 2.33. The molecule has 0 atom stereocenters. The fourth-order valence-corrected chi connectivity index (χ4v) is 4.22. The third-order valence-electron chi connectivity index (χ3n) is 5.86. The minimum atomic E-state index is -0.654. The summed E-state index contributed by atoms with van der Waals surface area (Å²) in [4.78, 5) is 15.4. The van der Waals surface area contributed by atoms with Gasteiger partial charge in [-0.05, 0) is 75.9 Å². The highest BCUT2D eigenvalue weighted by Gasteiger charge is 2.40. The van der Waals surface area contributed by atoms with Gasteiger partial charge in [0.15, 0.2) is 0 Å². The smallest absolute Gasteiger partial charge is 0.256 e. The van der Waals surface area contributed by atoms with E-state index in [-0.39, 0.29) is 5.91 Å². The van der Waals surface area contributed by atoms with Crippen LogP contribution in [0.4, 0.5) is 5.69 Å². The number of ether oxygens (including phenoxy) is 2. The number of carbonyl (C=O) groups excluding carboxylic acids is 1. The molecule has 5 nitrogen and oxygen atoms in total. The van der Waals surface area contributed by atoms with Crippen molar-refractivity contribution in [2.75, 3.05) is 38.2 Å². The van der Waals surface area contributed by atoms with Crippen molar-refractivity contribution in [2.24, 2.45) is 0 Å².